The second kappa shape index (κ2) is 5.44. The van der Waals surface area contributed by atoms with Gasteiger partial charge in [-0.05, 0) is 24.5 Å². The summed E-state index contributed by atoms with van der Waals surface area (Å²) in [6.07, 6.45) is 2.86. The van der Waals surface area contributed by atoms with Crippen molar-refractivity contribution in [1.29, 1.82) is 0 Å². The number of amides is 1. The van der Waals surface area contributed by atoms with Crippen LogP contribution in [0.3, 0.4) is 0 Å². The van der Waals surface area contributed by atoms with Gasteiger partial charge in [0.1, 0.15) is 5.84 Å². The monoisotopic (exact) mass is 263 g/mol. The van der Waals surface area contributed by atoms with Crippen LogP contribution in [0, 0.1) is 0 Å². The zero-order chi connectivity index (χ0) is 13.1. The molecule has 0 unspecified atom stereocenters. The zero-order valence-corrected chi connectivity index (χ0v) is 11.7. The summed E-state index contributed by atoms with van der Waals surface area (Å²) in [4.78, 5) is 14.1. The van der Waals surface area contributed by atoms with Crippen molar-refractivity contribution in [3.63, 3.8) is 0 Å². The van der Waals surface area contributed by atoms with Crippen molar-refractivity contribution in [3.05, 3.63) is 24.3 Å². The van der Waals surface area contributed by atoms with Gasteiger partial charge in [-0.1, -0.05) is 6.07 Å². The van der Waals surface area contributed by atoms with E-state index >= 15 is 0 Å². The SMILES string of the molecule is CSc1cccc(N2CCC(N(C)C(C)=O)=N2)c1. The van der Waals surface area contributed by atoms with Crippen LogP contribution in [-0.4, -0.2) is 36.5 Å². The minimum Gasteiger partial charge on any atom is -0.302 e. The topological polar surface area (TPSA) is 35.9 Å². The lowest BCUT2D eigenvalue weighted by Gasteiger charge is -2.15. The van der Waals surface area contributed by atoms with Crippen molar-refractivity contribution in [2.75, 3.05) is 24.9 Å². The smallest absolute Gasteiger partial charge is 0.224 e. The Hall–Kier alpha value is -1.49. The summed E-state index contributed by atoms with van der Waals surface area (Å²) >= 11 is 1.71. The van der Waals surface area contributed by atoms with E-state index in [1.165, 1.54) is 4.90 Å². The molecule has 96 valence electrons. The van der Waals surface area contributed by atoms with Gasteiger partial charge in [-0.15, -0.1) is 11.8 Å². The number of carbonyl (C=O) groups excluding carboxylic acids is 1. The standard InChI is InChI=1S/C13H17N3OS/c1-10(17)15(2)13-7-8-16(14-13)11-5-4-6-12(9-11)18-3/h4-6,9H,7-8H2,1-3H3. The zero-order valence-electron chi connectivity index (χ0n) is 10.9. The minimum absolute atomic E-state index is 0.0217. The van der Waals surface area contributed by atoms with E-state index in [1.807, 2.05) is 17.1 Å². The number of anilines is 1. The molecule has 18 heavy (non-hydrogen) atoms. The first kappa shape index (κ1) is 13.0. The second-order valence-corrected chi connectivity index (χ2v) is 5.05. The molecular formula is C13H17N3OS. The Kier molecular flexibility index (Phi) is 3.91. The highest BCUT2D eigenvalue weighted by molar-refractivity contribution is 7.98. The molecule has 0 radical (unpaired) electrons. The molecule has 1 amide bonds. The molecule has 0 aromatic heterocycles. The van der Waals surface area contributed by atoms with Gasteiger partial charge in [0.25, 0.3) is 0 Å². The lowest BCUT2D eigenvalue weighted by atomic mass is 10.3. The normalized spacial score (nSPS) is 14.6. The number of rotatable bonds is 2. The Labute approximate surface area is 112 Å². The summed E-state index contributed by atoms with van der Waals surface area (Å²) < 4.78 is 0. The Morgan fingerprint density at radius 3 is 2.94 bits per heavy atom. The van der Waals surface area contributed by atoms with E-state index in [9.17, 15) is 4.79 Å². The predicted molar refractivity (Wildman–Crippen MR) is 76.1 cm³/mol. The first-order valence-electron chi connectivity index (χ1n) is 5.85. The van der Waals surface area contributed by atoms with Crippen LogP contribution in [0.4, 0.5) is 5.69 Å². The quantitative estimate of drug-likeness (QED) is 0.769. The molecule has 0 atom stereocenters. The molecule has 0 saturated carbocycles. The number of thioether (sulfide) groups is 1. The molecule has 1 aliphatic rings. The molecule has 1 aliphatic heterocycles. The van der Waals surface area contributed by atoms with Gasteiger partial charge in [-0.25, -0.2) is 0 Å². The summed E-state index contributed by atoms with van der Waals surface area (Å²) in [6, 6.07) is 8.27. The lowest BCUT2D eigenvalue weighted by molar-refractivity contribution is -0.124. The van der Waals surface area contributed by atoms with Crippen LogP contribution >= 0.6 is 11.8 Å². The lowest BCUT2D eigenvalue weighted by Crippen LogP contribution is -2.29. The van der Waals surface area contributed by atoms with Gasteiger partial charge in [0.05, 0.1) is 5.69 Å². The van der Waals surface area contributed by atoms with E-state index in [2.05, 4.69) is 23.5 Å². The molecular weight excluding hydrogens is 246 g/mol. The molecule has 5 heteroatoms. The number of amidine groups is 1. The van der Waals surface area contributed by atoms with Crippen LogP contribution in [0.2, 0.25) is 0 Å². The number of nitrogens with zero attached hydrogens (tertiary/aromatic N) is 3. The third-order valence-corrected chi connectivity index (χ3v) is 3.72. The first-order valence-corrected chi connectivity index (χ1v) is 7.07. The molecule has 0 spiro atoms. The molecule has 0 fully saturated rings. The third-order valence-electron chi connectivity index (χ3n) is 2.99. The third kappa shape index (κ3) is 2.67. The van der Waals surface area contributed by atoms with E-state index in [4.69, 9.17) is 0 Å². The van der Waals surface area contributed by atoms with Crippen LogP contribution in [0.25, 0.3) is 0 Å². The van der Waals surface area contributed by atoms with E-state index in [1.54, 1.807) is 30.6 Å². The van der Waals surface area contributed by atoms with Gasteiger partial charge in [0, 0.05) is 31.8 Å². The molecule has 4 nitrogen and oxygen atoms in total. The van der Waals surface area contributed by atoms with Crippen LogP contribution in [-0.2, 0) is 4.79 Å². The number of hydrogen-bond donors (Lipinski definition) is 0. The average molecular weight is 263 g/mol. The summed E-state index contributed by atoms with van der Waals surface area (Å²) in [6.45, 7) is 2.38. The second-order valence-electron chi connectivity index (χ2n) is 4.17. The highest BCUT2D eigenvalue weighted by atomic mass is 32.2. The van der Waals surface area contributed by atoms with Crippen molar-refractivity contribution in [3.8, 4) is 0 Å². The maximum atomic E-state index is 11.3. The fourth-order valence-electron chi connectivity index (χ4n) is 1.82. The van der Waals surface area contributed by atoms with Crippen molar-refractivity contribution in [1.82, 2.24) is 4.90 Å². The van der Waals surface area contributed by atoms with Crippen molar-refractivity contribution in [2.45, 2.75) is 18.2 Å². The van der Waals surface area contributed by atoms with Gasteiger partial charge < -0.3 is 4.90 Å². The summed E-state index contributed by atoms with van der Waals surface area (Å²) in [5, 5.41) is 6.45. The largest absolute Gasteiger partial charge is 0.302 e. The van der Waals surface area contributed by atoms with Gasteiger partial charge in [-0.2, -0.15) is 5.10 Å². The minimum atomic E-state index is 0.0217. The average Bonchev–Trinajstić information content (AvgIpc) is 2.87. The number of hydrazone groups is 1. The summed E-state index contributed by atoms with van der Waals surface area (Å²) in [5.41, 5.74) is 1.08. The Morgan fingerprint density at radius 2 is 2.28 bits per heavy atom. The molecule has 2 rings (SSSR count). The maximum Gasteiger partial charge on any atom is 0.224 e. The van der Waals surface area contributed by atoms with E-state index < -0.39 is 0 Å². The summed E-state index contributed by atoms with van der Waals surface area (Å²) in [5.74, 6) is 0.852. The fraction of sp³-hybridized carbons (Fsp3) is 0.385. The molecule has 0 aliphatic carbocycles. The van der Waals surface area contributed by atoms with Crippen LogP contribution in [0.1, 0.15) is 13.3 Å². The number of carbonyl (C=O) groups is 1. The van der Waals surface area contributed by atoms with Crippen molar-refractivity contribution in [2.24, 2.45) is 5.10 Å². The maximum absolute atomic E-state index is 11.3. The van der Waals surface area contributed by atoms with Crippen molar-refractivity contribution < 1.29 is 4.79 Å². The van der Waals surface area contributed by atoms with Gasteiger partial charge >= 0.3 is 0 Å². The highest BCUT2D eigenvalue weighted by Gasteiger charge is 2.20. The van der Waals surface area contributed by atoms with Crippen molar-refractivity contribution >= 4 is 29.2 Å². The Balaban J connectivity index is 2.18. The molecule has 1 aromatic rings. The molecule has 0 N–H and O–H groups in total. The van der Waals surface area contributed by atoms with Crippen LogP contribution < -0.4 is 5.01 Å². The number of benzene rings is 1. The highest BCUT2D eigenvalue weighted by Crippen LogP contribution is 2.25. The van der Waals surface area contributed by atoms with Gasteiger partial charge in [-0.3, -0.25) is 9.80 Å². The van der Waals surface area contributed by atoms with Crippen LogP contribution in [0.15, 0.2) is 34.3 Å². The van der Waals surface area contributed by atoms with Crippen LogP contribution in [0.5, 0.6) is 0 Å². The summed E-state index contributed by atoms with van der Waals surface area (Å²) in [7, 11) is 1.77. The Morgan fingerprint density at radius 1 is 1.50 bits per heavy atom. The Bertz CT molecular complexity index is 487. The van der Waals surface area contributed by atoms with E-state index in [0.717, 1.165) is 24.5 Å². The first-order chi connectivity index (χ1) is 8.61. The molecule has 1 aromatic carbocycles. The molecule has 0 saturated heterocycles. The van der Waals surface area contributed by atoms with E-state index in [0.29, 0.717) is 0 Å². The fourth-order valence-corrected chi connectivity index (χ4v) is 2.27. The van der Waals surface area contributed by atoms with Gasteiger partial charge in [0.2, 0.25) is 5.91 Å². The number of hydrogen-bond acceptors (Lipinski definition) is 4. The van der Waals surface area contributed by atoms with Gasteiger partial charge in [0.15, 0.2) is 0 Å². The molecule has 1 heterocycles. The molecule has 0 bridgehead atoms. The van der Waals surface area contributed by atoms with E-state index in [-0.39, 0.29) is 5.91 Å². The predicted octanol–water partition coefficient (Wildman–Crippen LogP) is 2.41.